The molecule has 78 valence electrons. The van der Waals surface area contributed by atoms with Crippen LogP contribution in [0.4, 0.5) is 0 Å². The quantitative estimate of drug-likeness (QED) is 0.591. The average molecular weight is 235 g/mol. The first-order valence-corrected chi connectivity index (χ1v) is 5.37. The fourth-order valence-corrected chi connectivity index (χ4v) is 1.90. The topological polar surface area (TPSA) is 44.2 Å². The summed E-state index contributed by atoms with van der Waals surface area (Å²) < 4.78 is 9.96. The molecule has 4 nitrogen and oxygen atoms in total. The molecule has 1 aromatic rings. The Balaban J connectivity index is 3.13. The lowest BCUT2D eigenvalue weighted by atomic mass is 10.6. The van der Waals surface area contributed by atoms with Gasteiger partial charge in [-0.15, -0.1) is 11.8 Å². The van der Waals surface area contributed by atoms with Gasteiger partial charge in [-0.25, -0.2) is 0 Å². The predicted octanol–water partition coefficient (Wildman–Crippen LogP) is 2.26. The lowest BCUT2D eigenvalue weighted by Crippen LogP contribution is -1.98. The van der Waals surface area contributed by atoms with E-state index in [1.807, 2.05) is 6.92 Å². The number of methoxy groups -OCH3 is 2. The Morgan fingerprint density at radius 3 is 2.50 bits per heavy atom. The molecular formula is C8H11ClN2O2S. The summed E-state index contributed by atoms with van der Waals surface area (Å²) in [6.07, 6.45) is 0. The number of rotatable bonds is 4. The molecule has 0 amide bonds. The molecule has 0 aliphatic heterocycles. The molecule has 0 aromatic carbocycles. The van der Waals surface area contributed by atoms with Gasteiger partial charge in [0.05, 0.1) is 14.2 Å². The molecule has 14 heavy (non-hydrogen) atoms. The zero-order valence-electron chi connectivity index (χ0n) is 8.20. The van der Waals surface area contributed by atoms with Crippen molar-refractivity contribution in [3.05, 3.63) is 5.15 Å². The maximum atomic E-state index is 5.94. The average Bonchev–Trinajstić information content (AvgIpc) is 2.20. The smallest absolute Gasteiger partial charge is 0.320 e. The number of thioether (sulfide) groups is 1. The molecule has 6 heteroatoms. The van der Waals surface area contributed by atoms with E-state index in [1.54, 1.807) is 0 Å². The van der Waals surface area contributed by atoms with Gasteiger partial charge >= 0.3 is 6.01 Å². The Bertz CT molecular complexity index is 322. The van der Waals surface area contributed by atoms with Crippen LogP contribution in [0.2, 0.25) is 5.15 Å². The van der Waals surface area contributed by atoms with Gasteiger partial charge in [0.2, 0.25) is 5.88 Å². The van der Waals surface area contributed by atoms with E-state index in [0.29, 0.717) is 11.0 Å². The van der Waals surface area contributed by atoms with Crippen molar-refractivity contribution in [2.75, 3.05) is 20.0 Å². The molecule has 0 saturated heterocycles. The number of ether oxygens (including phenoxy) is 2. The summed E-state index contributed by atoms with van der Waals surface area (Å²) in [6.45, 7) is 2.02. The van der Waals surface area contributed by atoms with Crippen molar-refractivity contribution in [3.63, 3.8) is 0 Å². The van der Waals surface area contributed by atoms with Crippen LogP contribution in [0.1, 0.15) is 6.92 Å². The van der Waals surface area contributed by atoms with Crippen LogP contribution in [0.15, 0.2) is 4.90 Å². The Morgan fingerprint density at radius 1 is 1.29 bits per heavy atom. The van der Waals surface area contributed by atoms with Gasteiger partial charge in [-0.1, -0.05) is 18.5 Å². The van der Waals surface area contributed by atoms with Crippen LogP contribution in [-0.4, -0.2) is 29.9 Å². The van der Waals surface area contributed by atoms with Crippen molar-refractivity contribution in [2.45, 2.75) is 11.8 Å². The second-order valence-corrected chi connectivity index (χ2v) is 3.90. The molecule has 0 saturated carbocycles. The highest BCUT2D eigenvalue weighted by Crippen LogP contribution is 2.34. The largest absolute Gasteiger partial charge is 0.480 e. The van der Waals surface area contributed by atoms with Crippen LogP contribution in [-0.2, 0) is 0 Å². The Morgan fingerprint density at radius 2 is 2.00 bits per heavy atom. The van der Waals surface area contributed by atoms with Crippen LogP contribution in [0.25, 0.3) is 0 Å². The maximum absolute atomic E-state index is 5.94. The summed E-state index contributed by atoms with van der Waals surface area (Å²) in [5.74, 6) is 1.33. The van der Waals surface area contributed by atoms with Crippen molar-refractivity contribution in [1.82, 2.24) is 9.97 Å². The van der Waals surface area contributed by atoms with Gasteiger partial charge in [0.1, 0.15) is 4.90 Å². The second-order valence-electron chi connectivity index (χ2n) is 2.27. The molecule has 0 aliphatic carbocycles. The van der Waals surface area contributed by atoms with Crippen molar-refractivity contribution >= 4 is 23.4 Å². The first-order valence-electron chi connectivity index (χ1n) is 4.01. The van der Waals surface area contributed by atoms with Crippen LogP contribution >= 0.6 is 23.4 Å². The van der Waals surface area contributed by atoms with E-state index in [9.17, 15) is 0 Å². The molecule has 1 heterocycles. The molecule has 1 aromatic heterocycles. The van der Waals surface area contributed by atoms with Gasteiger partial charge in [0.15, 0.2) is 5.15 Å². The summed E-state index contributed by atoms with van der Waals surface area (Å²) in [4.78, 5) is 8.73. The fourth-order valence-electron chi connectivity index (χ4n) is 0.881. The van der Waals surface area contributed by atoms with Crippen LogP contribution < -0.4 is 9.47 Å². The van der Waals surface area contributed by atoms with E-state index in [4.69, 9.17) is 21.1 Å². The molecule has 0 radical (unpaired) electrons. The zero-order chi connectivity index (χ0) is 10.6. The van der Waals surface area contributed by atoms with E-state index >= 15 is 0 Å². The van der Waals surface area contributed by atoms with Crippen molar-refractivity contribution < 1.29 is 9.47 Å². The zero-order valence-corrected chi connectivity index (χ0v) is 9.78. The Hall–Kier alpha value is -0.680. The number of nitrogens with zero attached hydrogens (tertiary/aromatic N) is 2. The van der Waals surface area contributed by atoms with Crippen molar-refractivity contribution in [2.24, 2.45) is 0 Å². The third-order valence-corrected chi connectivity index (χ3v) is 2.77. The number of hydrogen-bond acceptors (Lipinski definition) is 5. The molecule has 0 fully saturated rings. The maximum Gasteiger partial charge on any atom is 0.320 e. The van der Waals surface area contributed by atoms with Crippen LogP contribution in [0.5, 0.6) is 11.9 Å². The highest BCUT2D eigenvalue weighted by atomic mass is 35.5. The monoisotopic (exact) mass is 234 g/mol. The summed E-state index contributed by atoms with van der Waals surface area (Å²) in [7, 11) is 3.02. The second kappa shape index (κ2) is 5.26. The normalized spacial score (nSPS) is 10.0. The lowest BCUT2D eigenvalue weighted by Gasteiger charge is -2.08. The minimum atomic E-state index is 0.215. The first kappa shape index (κ1) is 11.4. The van der Waals surface area contributed by atoms with Crippen LogP contribution in [0, 0.1) is 0 Å². The molecule has 0 unspecified atom stereocenters. The third kappa shape index (κ3) is 2.42. The highest BCUT2D eigenvalue weighted by Gasteiger charge is 2.13. The Labute approximate surface area is 92.0 Å². The standard InChI is InChI=1S/C8H11ClN2O2S/c1-4-14-5-6(9)10-8(13-3)11-7(5)12-2/h4H2,1-3H3. The number of hydrogen-bond donors (Lipinski definition) is 0. The minimum Gasteiger partial charge on any atom is -0.480 e. The molecule has 0 spiro atoms. The third-order valence-electron chi connectivity index (χ3n) is 1.44. The summed E-state index contributed by atoms with van der Waals surface area (Å²) in [5, 5.41) is 0.362. The molecule has 0 N–H and O–H groups in total. The SMILES string of the molecule is CCSc1c(Cl)nc(OC)nc1OC. The number of aromatic nitrogens is 2. The van der Waals surface area contributed by atoms with E-state index < -0.39 is 0 Å². The lowest BCUT2D eigenvalue weighted by molar-refractivity contribution is 0.345. The molecule has 0 atom stereocenters. The van der Waals surface area contributed by atoms with E-state index in [1.165, 1.54) is 26.0 Å². The van der Waals surface area contributed by atoms with Crippen LogP contribution in [0.3, 0.4) is 0 Å². The Kier molecular flexibility index (Phi) is 4.28. The molecule has 0 aliphatic rings. The molecular weight excluding hydrogens is 224 g/mol. The highest BCUT2D eigenvalue weighted by molar-refractivity contribution is 7.99. The summed E-state index contributed by atoms with van der Waals surface area (Å²) in [5.41, 5.74) is 0. The van der Waals surface area contributed by atoms with Gasteiger partial charge in [-0.05, 0) is 5.75 Å². The van der Waals surface area contributed by atoms with Gasteiger partial charge < -0.3 is 9.47 Å². The molecule has 1 rings (SSSR count). The summed E-state index contributed by atoms with van der Waals surface area (Å²) >= 11 is 7.47. The van der Waals surface area contributed by atoms with Gasteiger partial charge in [-0.3, -0.25) is 0 Å². The van der Waals surface area contributed by atoms with Crippen molar-refractivity contribution in [3.8, 4) is 11.9 Å². The summed E-state index contributed by atoms with van der Waals surface area (Å²) in [6, 6.07) is 0.215. The van der Waals surface area contributed by atoms with Gasteiger partial charge in [-0.2, -0.15) is 9.97 Å². The van der Waals surface area contributed by atoms with Gasteiger partial charge in [0, 0.05) is 0 Å². The first-order chi connectivity index (χ1) is 6.72. The number of halogens is 1. The predicted molar refractivity (Wildman–Crippen MR) is 56.5 cm³/mol. The van der Waals surface area contributed by atoms with Gasteiger partial charge in [0.25, 0.3) is 0 Å². The van der Waals surface area contributed by atoms with E-state index in [2.05, 4.69) is 9.97 Å². The van der Waals surface area contributed by atoms with Crippen molar-refractivity contribution in [1.29, 1.82) is 0 Å². The molecule has 0 bridgehead atoms. The fraction of sp³-hybridized carbons (Fsp3) is 0.500. The minimum absolute atomic E-state index is 0.215. The van der Waals surface area contributed by atoms with E-state index in [-0.39, 0.29) is 6.01 Å². The van der Waals surface area contributed by atoms with E-state index in [0.717, 1.165) is 10.6 Å².